The number of aryl methyl sites for hydroxylation is 2. The Morgan fingerprint density at radius 3 is 2.63 bits per heavy atom. The number of rotatable bonds is 6. The van der Waals surface area contributed by atoms with Gasteiger partial charge in [-0.3, -0.25) is 9.59 Å². The van der Waals surface area contributed by atoms with Crippen LogP contribution >= 0.6 is 0 Å². The third kappa shape index (κ3) is 4.67. The third-order valence-electron chi connectivity index (χ3n) is 4.41. The molecular weight excluding hydrogens is 382 g/mol. The Bertz CT molecular complexity index is 1190. The highest BCUT2D eigenvalue weighted by Crippen LogP contribution is 2.33. The number of ether oxygens (including phenoxy) is 2. The summed E-state index contributed by atoms with van der Waals surface area (Å²) in [5.41, 5.74) is 3.09. The Kier molecular flexibility index (Phi) is 6.18. The second-order valence-corrected chi connectivity index (χ2v) is 6.75. The molecule has 0 spiro atoms. The summed E-state index contributed by atoms with van der Waals surface area (Å²) in [6, 6.07) is 16.2. The molecule has 0 saturated carbocycles. The van der Waals surface area contributed by atoms with E-state index < -0.39 is 5.56 Å². The molecule has 0 saturated heterocycles. The smallest absolute Gasteiger partial charge is 0.266 e. The molecule has 0 aliphatic heterocycles. The lowest BCUT2D eigenvalue weighted by Crippen LogP contribution is -2.20. The van der Waals surface area contributed by atoms with Gasteiger partial charge in [-0.1, -0.05) is 18.2 Å². The molecule has 3 rings (SSSR count). The number of aromatic amines is 1. The molecule has 30 heavy (non-hydrogen) atoms. The van der Waals surface area contributed by atoms with E-state index in [1.165, 1.54) is 7.11 Å². The SMILES string of the molecule is COc1cc(-c2cc(C)[nH]c(=O)c2C#N)ccc1OCC(=O)Nc1cccc(C)c1. The van der Waals surface area contributed by atoms with Crippen LogP contribution in [0, 0.1) is 25.2 Å². The first-order valence-corrected chi connectivity index (χ1v) is 9.23. The minimum atomic E-state index is -0.445. The number of amides is 1. The number of carbonyl (C=O) groups is 1. The number of carbonyl (C=O) groups excluding carboxylic acids is 1. The summed E-state index contributed by atoms with van der Waals surface area (Å²) >= 11 is 0. The highest BCUT2D eigenvalue weighted by atomic mass is 16.5. The molecule has 1 amide bonds. The van der Waals surface area contributed by atoms with E-state index in [1.807, 2.05) is 31.2 Å². The molecule has 152 valence electrons. The monoisotopic (exact) mass is 403 g/mol. The first kappa shape index (κ1) is 20.7. The van der Waals surface area contributed by atoms with Crippen molar-refractivity contribution in [2.45, 2.75) is 13.8 Å². The molecule has 0 atom stereocenters. The molecule has 0 bridgehead atoms. The number of H-pyrrole nitrogens is 1. The van der Waals surface area contributed by atoms with Crippen molar-refractivity contribution >= 4 is 11.6 Å². The van der Waals surface area contributed by atoms with Crippen LogP contribution in [0.4, 0.5) is 5.69 Å². The maximum Gasteiger partial charge on any atom is 0.266 e. The molecular formula is C23H21N3O4. The van der Waals surface area contributed by atoms with Crippen LogP contribution in [-0.4, -0.2) is 24.6 Å². The fourth-order valence-electron chi connectivity index (χ4n) is 3.04. The third-order valence-corrected chi connectivity index (χ3v) is 4.41. The van der Waals surface area contributed by atoms with Crippen LogP contribution < -0.4 is 20.3 Å². The van der Waals surface area contributed by atoms with E-state index in [4.69, 9.17) is 9.47 Å². The van der Waals surface area contributed by atoms with Crippen molar-refractivity contribution in [1.82, 2.24) is 4.98 Å². The van der Waals surface area contributed by atoms with Crippen LogP contribution in [0.25, 0.3) is 11.1 Å². The van der Waals surface area contributed by atoms with Gasteiger partial charge in [-0.25, -0.2) is 0 Å². The van der Waals surface area contributed by atoms with E-state index >= 15 is 0 Å². The Balaban J connectivity index is 1.79. The van der Waals surface area contributed by atoms with Gasteiger partial charge in [-0.05, 0) is 55.3 Å². The number of nitrogens with zero attached hydrogens (tertiary/aromatic N) is 1. The molecule has 1 heterocycles. The molecule has 0 unspecified atom stereocenters. The molecule has 0 aliphatic rings. The predicted octanol–water partition coefficient (Wildman–Crippen LogP) is 3.56. The molecule has 0 radical (unpaired) electrons. The minimum absolute atomic E-state index is 0.0221. The summed E-state index contributed by atoms with van der Waals surface area (Å²) in [7, 11) is 1.48. The number of methoxy groups -OCH3 is 1. The second kappa shape index (κ2) is 8.97. The Morgan fingerprint density at radius 1 is 1.13 bits per heavy atom. The van der Waals surface area contributed by atoms with Crippen molar-refractivity contribution < 1.29 is 14.3 Å². The fraction of sp³-hybridized carbons (Fsp3) is 0.174. The quantitative estimate of drug-likeness (QED) is 0.655. The molecule has 0 aliphatic carbocycles. The van der Waals surface area contributed by atoms with Crippen molar-refractivity contribution in [2.24, 2.45) is 0 Å². The summed E-state index contributed by atoms with van der Waals surface area (Å²) in [5.74, 6) is 0.460. The second-order valence-electron chi connectivity index (χ2n) is 6.75. The first-order valence-electron chi connectivity index (χ1n) is 9.23. The first-order chi connectivity index (χ1) is 14.4. The molecule has 1 aromatic heterocycles. The number of aromatic nitrogens is 1. The molecule has 2 N–H and O–H groups in total. The van der Waals surface area contributed by atoms with E-state index in [0.717, 1.165) is 5.56 Å². The number of pyridine rings is 1. The normalized spacial score (nSPS) is 10.2. The maximum absolute atomic E-state index is 12.2. The van der Waals surface area contributed by atoms with Gasteiger partial charge >= 0.3 is 0 Å². The van der Waals surface area contributed by atoms with Gasteiger partial charge in [0.05, 0.1) is 7.11 Å². The number of nitriles is 1. The van der Waals surface area contributed by atoms with Crippen molar-refractivity contribution in [1.29, 1.82) is 5.26 Å². The van der Waals surface area contributed by atoms with Crippen LogP contribution in [0.5, 0.6) is 11.5 Å². The molecule has 0 fully saturated rings. The zero-order chi connectivity index (χ0) is 21.7. The van der Waals surface area contributed by atoms with Crippen LogP contribution in [0.2, 0.25) is 0 Å². The van der Waals surface area contributed by atoms with Gasteiger partial charge in [0.2, 0.25) is 0 Å². The lowest BCUT2D eigenvalue weighted by Gasteiger charge is -2.13. The highest BCUT2D eigenvalue weighted by molar-refractivity contribution is 5.92. The maximum atomic E-state index is 12.2. The van der Waals surface area contributed by atoms with E-state index in [-0.39, 0.29) is 18.1 Å². The summed E-state index contributed by atoms with van der Waals surface area (Å²) in [6.07, 6.45) is 0. The number of benzene rings is 2. The number of anilines is 1. The predicted molar refractivity (Wildman–Crippen MR) is 114 cm³/mol. The minimum Gasteiger partial charge on any atom is -0.493 e. The standard InChI is InChI=1S/C23H21N3O4/c1-14-5-4-6-17(9-14)26-22(27)13-30-20-8-7-16(11-21(20)29-3)18-10-15(2)25-23(28)19(18)12-24/h4-11H,13H2,1-3H3,(H,25,28)(H,26,27). The van der Waals surface area contributed by atoms with E-state index in [9.17, 15) is 14.9 Å². The zero-order valence-electron chi connectivity index (χ0n) is 16.9. The van der Waals surface area contributed by atoms with Crippen molar-refractivity contribution in [3.05, 3.63) is 75.7 Å². The number of hydrogen-bond acceptors (Lipinski definition) is 5. The van der Waals surface area contributed by atoms with Crippen molar-refractivity contribution in [3.63, 3.8) is 0 Å². The van der Waals surface area contributed by atoms with Crippen LogP contribution in [-0.2, 0) is 4.79 Å². The molecule has 2 aromatic carbocycles. The molecule has 7 heteroatoms. The number of hydrogen-bond donors (Lipinski definition) is 2. The van der Waals surface area contributed by atoms with E-state index in [0.29, 0.717) is 34.0 Å². The van der Waals surface area contributed by atoms with Gasteiger partial charge in [0.25, 0.3) is 11.5 Å². The molecule has 3 aromatic rings. The van der Waals surface area contributed by atoms with Gasteiger partial charge in [-0.2, -0.15) is 5.26 Å². The summed E-state index contributed by atoms with van der Waals surface area (Å²) in [6.45, 7) is 3.49. The van der Waals surface area contributed by atoms with Gasteiger partial charge in [-0.15, -0.1) is 0 Å². The Labute approximate surface area is 173 Å². The zero-order valence-corrected chi connectivity index (χ0v) is 16.9. The van der Waals surface area contributed by atoms with Crippen LogP contribution in [0.1, 0.15) is 16.8 Å². The summed E-state index contributed by atoms with van der Waals surface area (Å²) in [5, 5.41) is 12.1. The van der Waals surface area contributed by atoms with Crippen molar-refractivity contribution in [2.75, 3.05) is 19.0 Å². The average molecular weight is 403 g/mol. The van der Waals surface area contributed by atoms with Gasteiger partial charge in [0.1, 0.15) is 11.6 Å². The van der Waals surface area contributed by atoms with Gasteiger partial charge in [0, 0.05) is 16.9 Å². The molecule has 7 nitrogen and oxygen atoms in total. The topological polar surface area (TPSA) is 104 Å². The van der Waals surface area contributed by atoms with Gasteiger partial charge in [0.15, 0.2) is 18.1 Å². The average Bonchev–Trinajstić information content (AvgIpc) is 2.71. The lowest BCUT2D eigenvalue weighted by molar-refractivity contribution is -0.118. The lowest BCUT2D eigenvalue weighted by atomic mass is 10.0. The van der Waals surface area contributed by atoms with Crippen LogP contribution in [0.3, 0.4) is 0 Å². The Hall–Kier alpha value is -4.05. The largest absolute Gasteiger partial charge is 0.493 e. The van der Waals surface area contributed by atoms with E-state index in [2.05, 4.69) is 10.3 Å². The fourth-order valence-corrected chi connectivity index (χ4v) is 3.04. The Morgan fingerprint density at radius 2 is 1.93 bits per heavy atom. The van der Waals surface area contributed by atoms with Crippen molar-refractivity contribution in [3.8, 4) is 28.7 Å². The van der Waals surface area contributed by atoms with E-state index in [1.54, 1.807) is 37.3 Å². The summed E-state index contributed by atoms with van der Waals surface area (Å²) in [4.78, 5) is 26.9. The summed E-state index contributed by atoms with van der Waals surface area (Å²) < 4.78 is 11.0. The van der Waals surface area contributed by atoms with Gasteiger partial charge < -0.3 is 19.8 Å². The van der Waals surface area contributed by atoms with Crippen LogP contribution in [0.15, 0.2) is 53.3 Å². The number of nitrogens with one attached hydrogen (secondary N) is 2. The highest BCUT2D eigenvalue weighted by Gasteiger charge is 2.14.